The molecule has 1 saturated heterocycles. The van der Waals surface area contributed by atoms with Gasteiger partial charge < -0.3 is 9.64 Å². The van der Waals surface area contributed by atoms with Crippen LogP contribution in [0.4, 0.5) is 4.79 Å². The lowest BCUT2D eigenvalue weighted by Gasteiger charge is -2.25. The molecule has 3 rings (SSSR count). The van der Waals surface area contributed by atoms with E-state index in [1.807, 2.05) is 43.9 Å². The Bertz CT molecular complexity index is 605. The second-order valence-electron chi connectivity index (χ2n) is 7.18. The minimum atomic E-state index is -0.447. The molecule has 0 radical (unpaired) electrons. The lowest BCUT2D eigenvalue weighted by Crippen LogP contribution is -2.35. The third kappa shape index (κ3) is 3.14. The number of carbonyl (C=O) groups is 1. The molecule has 0 unspecified atom stereocenters. The van der Waals surface area contributed by atoms with Crippen LogP contribution < -0.4 is 0 Å². The predicted octanol–water partition coefficient (Wildman–Crippen LogP) is 4.48. The van der Waals surface area contributed by atoms with Crippen LogP contribution in [-0.4, -0.2) is 29.7 Å². The lowest BCUT2D eigenvalue weighted by atomic mass is 9.86. The highest BCUT2D eigenvalue weighted by Crippen LogP contribution is 2.43. The number of rotatable bonds is 1. The minimum absolute atomic E-state index is 0.208. The highest BCUT2D eigenvalue weighted by Gasteiger charge is 2.42. The zero-order valence-electron chi connectivity index (χ0n) is 13.3. The predicted molar refractivity (Wildman–Crippen MR) is 88.1 cm³/mol. The molecule has 1 aromatic rings. The van der Waals surface area contributed by atoms with Gasteiger partial charge in [0, 0.05) is 24.0 Å². The summed E-state index contributed by atoms with van der Waals surface area (Å²) in [7, 11) is 0. The Labute approximate surface area is 136 Å². The van der Waals surface area contributed by atoms with E-state index in [0.29, 0.717) is 17.8 Å². The summed E-state index contributed by atoms with van der Waals surface area (Å²) in [6, 6.07) is 8.01. The van der Waals surface area contributed by atoms with Crippen molar-refractivity contribution in [3.63, 3.8) is 0 Å². The molecule has 4 heteroatoms. The Hall–Kier alpha value is -1.48. The van der Waals surface area contributed by atoms with Crippen molar-refractivity contribution in [1.82, 2.24) is 4.90 Å². The van der Waals surface area contributed by atoms with Gasteiger partial charge in [-0.1, -0.05) is 35.9 Å². The molecule has 1 amide bonds. The third-order valence-corrected chi connectivity index (χ3v) is 4.56. The van der Waals surface area contributed by atoms with Gasteiger partial charge >= 0.3 is 6.09 Å². The molecule has 1 aliphatic heterocycles. The van der Waals surface area contributed by atoms with Gasteiger partial charge in [-0.2, -0.15) is 0 Å². The molecule has 1 aromatic carbocycles. The molecular formula is C18H22ClNO2. The topological polar surface area (TPSA) is 29.5 Å². The number of carbonyl (C=O) groups excluding carboxylic acids is 1. The van der Waals surface area contributed by atoms with Gasteiger partial charge in [-0.25, -0.2) is 4.79 Å². The molecule has 1 heterocycles. The Morgan fingerprint density at radius 2 is 2.05 bits per heavy atom. The third-order valence-electron chi connectivity index (χ3n) is 4.32. The molecule has 0 bridgehead atoms. The summed E-state index contributed by atoms with van der Waals surface area (Å²) in [5.41, 5.74) is 0.777. The molecule has 0 spiro atoms. The molecule has 0 aromatic heterocycles. The first kappa shape index (κ1) is 15.4. The Morgan fingerprint density at radius 3 is 2.73 bits per heavy atom. The fraction of sp³-hybridized carbons (Fsp3) is 0.500. The first-order valence-electron chi connectivity index (χ1n) is 7.75. The maximum absolute atomic E-state index is 12.2. The van der Waals surface area contributed by atoms with Gasteiger partial charge in [-0.05, 0) is 50.3 Å². The number of ether oxygens (including phenoxy) is 1. The van der Waals surface area contributed by atoms with E-state index in [-0.39, 0.29) is 6.09 Å². The maximum atomic E-state index is 12.2. The van der Waals surface area contributed by atoms with Crippen molar-refractivity contribution in [2.45, 2.75) is 32.3 Å². The van der Waals surface area contributed by atoms with E-state index in [4.69, 9.17) is 16.3 Å². The molecule has 3 nitrogen and oxygen atoms in total. The van der Waals surface area contributed by atoms with Crippen molar-refractivity contribution in [3.05, 3.63) is 47.0 Å². The summed E-state index contributed by atoms with van der Waals surface area (Å²) in [5, 5.41) is 0.761. The first-order valence-corrected chi connectivity index (χ1v) is 8.13. The van der Waals surface area contributed by atoms with Crippen LogP contribution in [-0.2, 0) is 4.74 Å². The highest BCUT2D eigenvalue weighted by molar-refractivity contribution is 6.30. The lowest BCUT2D eigenvalue weighted by molar-refractivity contribution is 0.0284. The summed E-state index contributed by atoms with van der Waals surface area (Å²) in [5.74, 6) is 1.17. The number of halogens is 1. The van der Waals surface area contributed by atoms with Crippen LogP contribution in [0.25, 0.3) is 0 Å². The van der Waals surface area contributed by atoms with Crippen molar-refractivity contribution in [2.24, 2.45) is 11.8 Å². The van der Waals surface area contributed by atoms with Gasteiger partial charge in [0.2, 0.25) is 0 Å². The van der Waals surface area contributed by atoms with E-state index in [9.17, 15) is 4.79 Å². The van der Waals surface area contributed by atoms with Crippen molar-refractivity contribution in [3.8, 4) is 0 Å². The largest absolute Gasteiger partial charge is 0.444 e. The maximum Gasteiger partial charge on any atom is 0.410 e. The van der Waals surface area contributed by atoms with Crippen LogP contribution in [0.2, 0.25) is 5.02 Å². The molecule has 3 atom stereocenters. The molecular weight excluding hydrogens is 298 g/mol. The van der Waals surface area contributed by atoms with Crippen molar-refractivity contribution >= 4 is 17.7 Å². The van der Waals surface area contributed by atoms with Gasteiger partial charge in [0.15, 0.2) is 0 Å². The van der Waals surface area contributed by atoms with Crippen molar-refractivity contribution in [1.29, 1.82) is 0 Å². The second-order valence-corrected chi connectivity index (χ2v) is 7.62. The number of allylic oxidation sites excluding steroid dienone is 1. The monoisotopic (exact) mass is 319 g/mol. The molecule has 1 aliphatic carbocycles. The fourth-order valence-electron chi connectivity index (χ4n) is 3.39. The quantitative estimate of drug-likeness (QED) is 0.714. The second kappa shape index (κ2) is 5.62. The Kier molecular flexibility index (Phi) is 3.94. The Morgan fingerprint density at radius 1 is 1.27 bits per heavy atom. The smallest absolute Gasteiger partial charge is 0.410 e. The summed E-state index contributed by atoms with van der Waals surface area (Å²) in [6.45, 7) is 7.18. The van der Waals surface area contributed by atoms with Crippen LogP contribution in [0.15, 0.2) is 36.4 Å². The number of fused-ring (bicyclic) bond motifs is 1. The van der Waals surface area contributed by atoms with Crippen LogP contribution in [0, 0.1) is 11.8 Å². The van der Waals surface area contributed by atoms with E-state index in [2.05, 4.69) is 18.2 Å². The van der Waals surface area contributed by atoms with Gasteiger partial charge in [0.05, 0.1) is 0 Å². The van der Waals surface area contributed by atoms with Crippen molar-refractivity contribution in [2.75, 3.05) is 13.1 Å². The highest BCUT2D eigenvalue weighted by atomic mass is 35.5. The van der Waals surface area contributed by atoms with Crippen LogP contribution in [0.3, 0.4) is 0 Å². The van der Waals surface area contributed by atoms with Gasteiger partial charge in [-0.3, -0.25) is 0 Å². The molecule has 0 saturated carbocycles. The van der Waals surface area contributed by atoms with Gasteiger partial charge in [0.25, 0.3) is 0 Å². The first-order chi connectivity index (χ1) is 10.3. The molecule has 22 heavy (non-hydrogen) atoms. The fourth-order valence-corrected chi connectivity index (χ4v) is 3.59. The Balaban J connectivity index is 1.72. The van der Waals surface area contributed by atoms with E-state index in [1.165, 1.54) is 5.56 Å². The number of hydrogen-bond donors (Lipinski definition) is 0. The minimum Gasteiger partial charge on any atom is -0.444 e. The molecule has 118 valence electrons. The van der Waals surface area contributed by atoms with E-state index in [1.54, 1.807) is 0 Å². The van der Waals surface area contributed by atoms with Crippen LogP contribution >= 0.6 is 11.6 Å². The zero-order valence-corrected chi connectivity index (χ0v) is 14.0. The summed E-state index contributed by atoms with van der Waals surface area (Å²) < 4.78 is 5.49. The zero-order chi connectivity index (χ0) is 15.9. The van der Waals surface area contributed by atoms with Crippen molar-refractivity contribution < 1.29 is 9.53 Å². The average Bonchev–Trinajstić information content (AvgIpc) is 2.95. The number of likely N-dealkylation sites (tertiary alicyclic amines) is 1. The van der Waals surface area contributed by atoms with Crippen LogP contribution in [0.1, 0.15) is 32.3 Å². The van der Waals surface area contributed by atoms with Crippen LogP contribution in [0.5, 0.6) is 0 Å². The van der Waals surface area contributed by atoms with Gasteiger partial charge in [-0.15, -0.1) is 0 Å². The van der Waals surface area contributed by atoms with E-state index >= 15 is 0 Å². The molecule has 2 aliphatic rings. The SMILES string of the molecule is CC(C)(C)OC(=O)N1C[C@@H]2[C@@H](C=C[C@H]2c2cccc(Cl)c2)C1. The summed E-state index contributed by atoms with van der Waals surface area (Å²) >= 11 is 6.11. The standard InChI is InChI=1S/C18H22ClNO2/c1-18(2,3)22-17(21)20-10-13-7-8-15(16(13)11-20)12-5-4-6-14(19)9-12/h4-9,13,15-16H,10-11H2,1-3H3/t13-,15-,16+/m0/s1. The normalized spacial score (nSPS) is 27.1. The number of hydrogen-bond acceptors (Lipinski definition) is 2. The molecule has 0 N–H and O–H groups in total. The average molecular weight is 320 g/mol. The number of amides is 1. The summed E-state index contributed by atoms with van der Waals surface area (Å²) in [4.78, 5) is 14.1. The number of benzene rings is 1. The number of nitrogens with zero attached hydrogens (tertiary/aromatic N) is 1. The molecule has 1 fully saturated rings. The van der Waals surface area contributed by atoms with E-state index < -0.39 is 5.60 Å². The van der Waals surface area contributed by atoms with E-state index in [0.717, 1.165) is 18.1 Å². The summed E-state index contributed by atoms with van der Waals surface area (Å²) in [6.07, 6.45) is 4.29. The van der Waals surface area contributed by atoms with Gasteiger partial charge in [0.1, 0.15) is 5.60 Å².